The van der Waals surface area contributed by atoms with Crippen LogP contribution in [0.1, 0.15) is 47.5 Å². The molecule has 1 unspecified atom stereocenters. The van der Waals surface area contributed by atoms with E-state index in [1.807, 2.05) is 38.1 Å². The summed E-state index contributed by atoms with van der Waals surface area (Å²) in [5.41, 5.74) is 0.467. The Morgan fingerprint density at radius 3 is 2.45 bits per heavy atom. The summed E-state index contributed by atoms with van der Waals surface area (Å²) in [6, 6.07) is 6.03. The molecule has 38 heavy (non-hydrogen) atoms. The Bertz CT molecular complexity index is 1030. The molecule has 0 radical (unpaired) electrons. The van der Waals surface area contributed by atoms with E-state index in [2.05, 4.69) is 40.0 Å². The van der Waals surface area contributed by atoms with E-state index in [1.54, 1.807) is 6.92 Å². The number of aliphatic hydroxyl groups excluding tert-OH is 1. The number of amides is 2. The number of likely N-dealkylation sites (tertiary alicyclic amines) is 1. The lowest BCUT2D eigenvalue weighted by Gasteiger charge is -2.37. The van der Waals surface area contributed by atoms with Crippen LogP contribution < -0.4 is 10.2 Å². The van der Waals surface area contributed by atoms with Gasteiger partial charge in [0.05, 0.1) is 37.2 Å². The van der Waals surface area contributed by atoms with Crippen molar-refractivity contribution in [3.63, 3.8) is 0 Å². The molecule has 2 amide bonds. The Hall–Kier alpha value is -2.17. The Balaban J connectivity index is 1.71. The second-order valence-electron chi connectivity index (χ2n) is 10.8. The standard InChI is InChI=1S/C28H40BrN3O6/c1-6-31(7-2)18-11-9-17(10-12-18)30-25(34)24-28-14-20(29)23(38-28)21(27(36)37-8-3)22(28)26(35)32(24)19(15-33)13-16(4)5/h9-12,16,19-24,33H,6-8,13-15H2,1-5H3,(H,30,34)/t19-,20?,21-,22+,23-,24-,28+/m1/s1. The molecule has 3 saturated heterocycles. The van der Waals surface area contributed by atoms with Gasteiger partial charge in [-0.1, -0.05) is 29.8 Å². The minimum atomic E-state index is -1.19. The Morgan fingerprint density at radius 1 is 1.24 bits per heavy atom. The van der Waals surface area contributed by atoms with Crippen molar-refractivity contribution in [1.29, 1.82) is 0 Å². The minimum absolute atomic E-state index is 0.177. The first-order chi connectivity index (χ1) is 18.1. The van der Waals surface area contributed by atoms with Gasteiger partial charge in [-0.05, 0) is 63.8 Å². The van der Waals surface area contributed by atoms with Crippen LogP contribution in [0.5, 0.6) is 0 Å². The highest BCUT2D eigenvalue weighted by Gasteiger charge is 2.77. The lowest BCUT2D eigenvalue weighted by atomic mass is 9.70. The van der Waals surface area contributed by atoms with Gasteiger partial charge in [-0.15, -0.1) is 0 Å². The summed E-state index contributed by atoms with van der Waals surface area (Å²) in [7, 11) is 0. The molecule has 1 aromatic carbocycles. The maximum Gasteiger partial charge on any atom is 0.312 e. The van der Waals surface area contributed by atoms with Crippen LogP contribution in [-0.2, 0) is 23.9 Å². The molecule has 9 nitrogen and oxygen atoms in total. The number of hydrogen-bond donors (Lipinski definition) is 2. The zero-order valence-corrected chi connectivity index (χ0v) is 24.4. The van der Waals surface area contributed by atoms with E-state index in [0.29, 0.717) is 18.5 Å². The zero-order chi connectivity index (χ0) is 27.8. The number of benzene rings is 1. The van der Waals surface area contributed by atoms with Crippen LogP contribution >= 0.6 is 15.9 Å². The van der Waals surface area contributed by atoms with Gasteiger partial charge in [-0.2, -0.15) is 0 Å². The maximum atomic E-state index is 14.1. The van der Waals surface area contributed by atoms with Crippen molar-refractivity contribution in [1.82, 2.24) is 4.90 Å². The molecule has 0 aliphatic carbocycles. The van der Waals surface area contributed by atoms with Crippen molar-refractivity contribution in [2.45, 2.75) is 76.1 Å². The average molecular weight is 595 g/mol. The van der Waals surface area contributed by atoms with Gasteiger partial charge >= 0.3 is 5.97 Å². The third kappa shape index (κ3) is 4.84. The number of hydrogen-bond acceptors (Lipinski definition) is 7. The van der Waals surface area contributed by atoms with Gasteiger partial charge in [0.1, 0.15) is 11.6 Å². The number of carbonyl (C=O) groups excluding carboxylic acids is 3. The lowest BCUT2D eigenvalue weighted by molar-refractivity contribution is -0.155. The number of halogens is 1. The van der Waals surface area contributed by atoms with Crippen LogP contribution in [0.25, 0.3) is 0 Å². The molecule has 2 N–H and O–H groups in total. The molecule has 10 heteroatoms. The molecule has 4 rings (SSSR count). The first-order valence-corrected chi connectivity index (χ1v) is 14.6. The van der Waals surface area contributed by atoms with Crippen molar-refractivity contribution in [2.24, 2.45) is 17.8 Å². The smallest absolute Gasteiger partial charge is 0.312 e. The first kappa shape index (κ1) is 28.8. The molecule has 3 fully saturated rings. The number of anilines is 2. The minimum Gasteiger partial charge on any atom is -0.466 e. The summed E-state index contributed by atoms with van der Waals surface area (Å²) >= 11 is 3.65. The fourth-order valence-electron chi connectivity index (χ4n) is 6.64. The quantitative estimate of drug-likeness (QED) is 0.299. The summed E-state index contributed by atoms with van der Waals surface area (Å²) in [4.78, 5) is 44.6. The van der Waals surface area contributed by atoms with Gasteiger partial charge in [-0.25, -0.2) is 0 Å². The van der Waals surface area contributed by atoms with Crippen LogP contribution in [0.2, 0.25) is 0 Å². The van der Waals surface area contributed by atoms with Crippen molar-refractivity contribution in [2.75, 3.05) is 36.5 Å². The van der Waals surface area contributed by atoms with Crippen LogP contribution in [0.15, 0.2) is 24.3 Å². The zero-order valence-electron chi connectivity index (χ0n) is 22.9. The van der Waals surface area contributed by atoms with Crippen LogP contribution in [-0.4, -0.2) is 82.7 Å². The molecule has 0 aromatic heterocycles. The summed E-state index contributed by atoms with van der Waals surface area (Å²) in [6.07, 6.45) is 0.351. The third-order valence-corrected chi connectivity index (χ3v) is 8.99. The number of nitrogens with one attached hydrogen (secondary N) is 1. The monoisotopic (exact) mass is 593 g/mol. The summed E-state index contributed by atoms with van der Waals surface area (Å²) < 4.78 is 11.8. The van der Waals surface area contributed by atoms with Crippen molar-refractivity contribution < 1.29 is 29.0 Å². The molecule has 1 spiro atoms. The van der Waals surface area contributed by atoms with E-state index in [9.17, 15) is 19.5 Å². The molecular formula is C28H40BrN3O6. The molecular weight excluding hydrogens is 554 g/mol. The van der Waals surface area contributed by atoms with Gasteiger partial charge in [0.25, 0.3) is 0 Å². The molecule has 0 saturated carbocycles. The Labute approximate surface area is 233 Å². The number of esters is 1. The SMILES string of the molecule is CCOC(=O)[C@H]1[C@@H]2O[C@@]3(CC2Br)[C@@H]1C(=O)N([C@@H](CO)CC(C)C)[C@@H]3C(=O)Nc1ccc(N(CC)CC)cc1. The van der Waals surface area contributed by atoms with Crippen molar-refractivity contribution >= 4 is 45.1 Å². The molecule has 2 bridgehead atoms. The molecule has 1 aromatic rings. The van der Waals surface area contributed by atoms with Gasteiger partial charge in [0.15, 0.2) is 0 Å². The molecule has 3 aliphatic rings. The van der Waals surface area contributed by atoms with E-state index < -0.39 is 41.6 Å². The molecule has 3 heterocycles. The fourth-order valence-corrected chi connectivity index (χ4v) is 7.59. The number of alkyl halides is 1. The summed E-state index contributed by atoms with van der Waals surface area (Å²) in [6.45, 7) is 11.6. The van der Waals surface area contributed by atoms with E-state index in [0.717, 1.165) is 18.8 Å². The molecule has 3 aliphatic heterocycles. The lowest BCUT2D eigenvalue weighted by Crippen LogP contribution is -2.56. The van der Waals surface area contributed by atoms with Crippen LogP contribution in [0.4, 0.5) is 11.4 Å². The number of rotatable bonds is 11. The number of nitrogens with zero attached hydrogens (tertiary/aromatic N) is 2. The van der Waals surface area contributed by atoms with Gasteiger partial charge in [-0.3, -0.25) is 14.4 Å². The second-order valence-corrected chi connectivity index (χ2v) is 12.0. The number of ether oxygens (including phenoxy) is 2. The third-order valence-electron chi connectivity index (χ3n) is 8.15. The van der Waals surface area contributed by atoms with E-state index >= 15 is 0 Å². The predicted molar refractivity (Wildman–Crippen MR) is 148 cm³/mol. The normalized spacial score (nSPS) is 30.5. The summed E-state index contributed by atoms with van der Waals surface area (Å²) in [5.74, 6) is -2.68. The fraction of sp³-hybridized carbons (Fsp3) is 0.679. The van der Waals surface area contributed by atoms with E-state index in [1.165, 1.54) is 4.90 Å². The van der Waals surface area contributed by atoms with E-state index in [-0.39, 0.29) is 35.8 Å². The maximum absolute atomic E-state index is 14.1. The number of fused-ring (bicyclic) bond motifs is 1. The van der Waals surface area contributed by atoms with Gasteiger partial charge in [0.2, 0.25) is 11.8 Å². The number of carbonyl (C=O) groups is 3. The van der Waals surface area contributed by atoms with Crippen LogP contribution in [0.3, 0.4) is 0 Å². The van der Waals surface area contributed by atoms with Crippen LogP contribution in [0, 0.1) is 17.8 Å². The molecule has 210 valence electrons. The Morgan fingerprint density at radius 2 is 1.89 bits per heavy atom. The van der Waals surface area contributed by atoms with Crippen molar-refractivity contribution in [3.05, 3.63) is 24.3 Å². The largest absolute Gasteiger partial charge is 0.466 e. The average Bonchev–Trinajstić information content (AvgIpc) is 3.47. The van der Waals surface area contributed by atoms with E-state index in [4.69, 9.17) is 9.47 Å². The topological polar surface area (TPSA) is 108 Å². The van der Waals surface area contributed by atoms with Gasteiger partial charge in [0, 0.05) is 29.3 Å². The predicted octanol–water partition coefficient (Wildman–Crippen LogP) is 3.19. The highest BCUT2D eigenvalue weighted by Crippen LogP contribution is 2.60. The van der Waals surface area contributed by atoms with Gasteiger partial charge < -0.3 is 29.7 Å². The number of aliphatic hydroxyl groups is 1. The summed E-state index contributed by atoms with van der Waals surface area (Å²) in [5, 5.41) is 13.3. The molecule has 7 atom stereocenters. The second kappa shape index (κ2) is 11.5. The van der Waals surface area contributed by atoms with Crippen molar-refractivity contribution in [3.8, 4) is 0 Å². The first-order valence-electron chi connectivity index (χ1n) is 13.7. The highest BCUT2D eigenvalue weighted by molar-refractivity contribution is 9.09. The Kier molecular flexibility index (Phi) is 8.74. The highest BCUT2D eigenvalue weighted by atomic mass is 79.9.